The Kier molecular flexibility index (Phi) is 4.55. The van der Waals surface area contributed by atoms with Gasteiger partial charge < -0.3 is 15.2 Å². The van der Waals surface area contributed by atoms with Crippen LogP contribution in [0.3, 0.4) is 0 Å². The van der Waals surface area contributed by atoms with Gasteiger partial charge in [-0.25, -0.2) is 0 Å². The number of aliphatic carboxylic acids is 1. The van der Waals surface area contributed by atoms with E-state index < -0.39 is 28.6 Å². The Morgan fingerprint density at radius 2 is 1.86 bits per heavy atom. The Labute approximate surface area is 126 Å². The quantitative estimate of drug-likeness (QED) is 0.509. The topological polar surface area (TPSA) is 112 Å². The third-order valence-electron chi connectivity index (χ3n) is 3.75. The molecule has 0 fully saturated rings. The largest absolute Gasteiger partial charge is 0.550 e. The highest BCUT2D eigenvalue weighted by Crippen LogP contribution is 2.28. The zero-order valence-electron chi connectivity index (χ0n) is 11.9. The molecule has 0 saturated heterocycles. The first kappa shape index (κ1) is 15.7. The van der Waals surface area contributed by atoms with Crippen LogP contribution in [0, 0.1) is 28.9 Å². The first-order valence-electron chi connectivity index (χ1n) is 6.82. The van der Waals surface area contributed by atoms with Gasteiger partial charge in [0.2, 0.25) is 5.91 Å². The molecule has 1 aliphatic carbocycles. The number of carboxylic acids is 1. The number of amides is 1. The number of nitro benzene ring substituents is 1. The number of benzene rings is 1. The van der Waals surface area contributed by atoms with Gasteiger partial charge in [-0.2, -0.15) is 0 Å². The number of nitro groups is 1. The third kappa shape index (κ3) is 3.30. The van der Waals surface area contributed by atoms with Crippen LogP contribution in [0.4, 0.5) is 11.4 Å². The maximum atomic E-state index is 12.2. The van der Waals surface area contributed by atoms with E-state index in [-0.39, 0.29) is 17.8 Å². The minimum atomic E-state index is -1.26. The normalized spacial score (nSPS) is 20.4. The van der Waals surface area contributed by atoms with Gasteiger partial charge in [-0.1, -0.05) is 18.2 Å². The minimum absolute atomic E-state index is 0.0993. The van der Waals surface area contributed by atoms with Gasteiger partial charge in [0, 0.05) is 29.2 Å². The number of allylic oxidation sites excluding steroid dienone is 2. The lowest BCUT2D eigenvalue weighted by Crippen LogP contribution is -2.41. The maximum absolute atomic E-state index is 12.2. The van der Waals surface area contributed by atoms with Crippen molar-refractivity contribution >= 4 is 23.3 Å². The number of nitrogens with zero attached hydrogens (tertiary/aromatic N) is 1. The van der Waals surface area contributed by atoms with Crippen molar-refractivity contribution in [1.29, 1.82) is 0 Å². The zero-order valence-corrected chi connectivity index (χ0v) is 11.9. The molecule has 1 aromatic rings. The molecule has 0 bridgehead atoms. The average Bonchev–Trinajstić information content (AvgIpc) is 2.48. The summed E-state index contributed by atoms with van der Waals surface area (Å²) in [5, 5.41) is 24.5. The van der Waals surface area contributed by atoms with Crippen LogP contribution in [-0.4, -0.2) is 16.8 Å². The van der Waals surface area contributed by atoms with E-state index in [9.17, 15) is 24.8 Å². The molecule has 0 heterocycles. The summed E-state index contributed by atoms with van der Waals surface area (Å²) < 4.78 is 0. The number of aryl methyl sites for hydroxylation is 1. The minimum Gasteiger partial charge on any atom is -0.550 e. The molecule has 1 amide bonds. The van der Waals surface area contributed by atoms with Crippen molar-refractivity contribution in [2.24, 2.45) is 11.8 Å². The lowest BCUT2D eigenvalue weighted by molar-refractivity contribution is -0.385. The van der Waals surface area contributed by atoms with E-state index in [0.29, 0.717) is 12.0 Å². The molecule has 7 heteroatoms. The van der Waals surface area contributed by atoms with Crippen LogP contribution >= 0.6 is 0 Å². The molecular weight excluding hydrogens is 288 g/mol. The SMILES string of the molecule is Cc1ccc(NC(=O)[C@H]2CC=CC[C@@H]2C(=O)[O-])cc1[N+](=O)[O-]. The van der Waals surface area contributed by atoms with Crippen LogP contribution in [0.25, 0.3) is 0 Å². The van der Waals surface area contributed by atoms with Crippen LogP contribution < -0.4 is 10.4 Å². The summed E-state index contributed by atoms with van der Waals surface area (Å²) in [6.07, 6.45) is 4.01. The number of hydrogen-bond donors (Lipinski definition) is 1. The van der Waals surface area contributed by atoms with E-state index in [1.807, 2.05) is 0 Å². The van der Waals surface area contributed by atoms with Gasteiger partial charge in [0.25, 0.3) is 5.69 Å². The molecule has 22 heavy (non-hydrogen) atoms. The molecule has 0 unspecified atom stereocenters. The fourth-order valence-electron chi connectivity index (χ4n) is 2.48. The number of carbonyl (C=O) groups excluding carboxylic acids is 2. The maximum Gasteiger partial charge on any atom is 0.274 e. The summed E-state index contributed by atoms with van der Waals surface area (Å²) in [7, 11) is 0. The van der Waals surface area contributed by atoms with Gasteiger partial charge >= 0.3 is 0 Å². The molecule has 0 saturated carbocycles. The first-order chi connectivity index (χ1) is 10.4. The Hall–Kier alpha value is -2.70. The van der Waals surface area contributed by atoms with Crippen molar-refractivity contribution < 1.29 is 19.6 Å². The summed E-state index contributed by atoms with van der Waals surface area (Å²) in [6.45, 7) is 1.60. The number of rotatable bonds is 4. The lowest BCUT2D eigenvalue weighted by Gasteiger charge is -2.28. The molecule has 2 atom stereocenters. The Balaban J connectivity index is 2.18. The van der Waals surface area contributed by atoms with Gasteiger partial charge in [0.05, 0.1) is 10.8 Å². The van der Waals surface area contributed by atoms with Gasteiger partial charge in [-0.05, 0) is 25.8 Å². The van der Waals surface area contributed by atoms with Crippen molar-refractivity contribution in [2.75, 3.05) is 5.32 Å². The summed E-state index contributed by atoms with van der Waals surface area (Å²) >= 11 is 0. The molecule has 0 aromatic heterocycles. The van der Waals surface area contributed by atoms with E-state index in [1.165, 1.54) is 12.1 Å². The van der Waals surface area contributed by atoms with Gasteiger partial charge in [0.15, 0.2) is 0 Å². The van der Waals surface area contributed by atoms with Crippen LogP contribution in [0.15, 0.2) is 30.4 Å². The second-order valence-corrected chi connectivity index (χ2v) is 5.22. The molecule has 7 nitrogen and oxygen atoms in total. The van der Waals surface area contributed by atoms with Crippen LogP contribution in [0.2, 0.25) is 0 Å². The highest BCUT2D eigenvalue weighted by atomic mass is 16.6. The number of hydrogen-bond acceptors (Lipinski definition) is 5. The van der Waals surface area contributed by atoms with E-state index in [2.05, 4.69) is 5.32 Å². The van der Waals surface area contributed by atoms with E-state index >= 15 is 0 Å². The van der Waals surface area contributed by atoms with Crippen LogP contribution in [0.1, 0.15) is 18.4 Å². The van der Waals surface area contributed by atoms with Crippen molar-refractivity contribution in [3.63, 3.8) is 0 Å². The number of nitrogens with one attached hydrogen (secondary N) is 1. The van der Waals surface area contributed by atoms with Crippen molar-refractivity contribution in [2.45, 2.75) is 19.8 Å². The number of carbonyl (C=O) groups is 2. The summed E-state index contributed by atoms with van der Waals surface area (Å²) in [5.74, 6) is -3.36. The van der Waals surface area contributed by atoms with Crippen molar-refractivity contribution in [1.82, 2.24) is 0 Å². The highest BCUT2D eigenvalue weighted by molar-refractivity contribution is 5.95. The predicted molar refractivity (Wildman–Crippen MR) is 76.8 cm³/mol. The molecule has 1 N–H and O–H groups in total. The molecule has 0 radical (unpaired) electrons. The first-order valence-corrected chi connectivity index (χ1v) is 6.82. The van der Waals surface area contributed by atoms with Crippen LogP contribution in [0.5, 0.6) is 0 Å². The van der Waals surface area contributed by atoms with Crippen LogP contribution in [-0.2, 0) is 9.59 Å². The second kappa shape index (κ2) is 6.38. The molecular formula is C15H15N2O5-. The van der Waals surface area contributed by atoms with E-state index in [1.54, 1.807) is 25.1 Å². The standard InChI is InChI=1S/C15H16N2O5/c1-9-6-7-10(8-13(9)17(21)22)16-14(18)11-4-2-3-5-12(11)15(19)20/h2-3,6-8,11-12H,4-5H2,1H3,(H,16,18)(H,19,20)/p-1/t11-,12-/m0/s1. The summed E-state index contributed by atoms with van der Waals surface area (Å²) in [4.78, 5) is 33.7. The van der Waals surface area contributed by atoms with Crippen molar-refractivity contribution in [3.05, 3.63) is 46.0 Å². The lowest BCUT2D eigenvalue weighted by atomic mass is 9.82. The Morgan fingerprint density at radius 3 is 2.45 bits per heavy atom. The molecule has 1 aromatic carbocycles. The fraction of sp³-hybridized carbons (Fsp3) is 0.333. The molecule has 116 valence electrons. The second-order valence-electron chi connectivity index (χ2n) is 5.22. The molecule has 1 aliphatic rings. The summed E-state index contributed by atoms with van der Waals surface area (Å²) in [5.41, 5.74) is 0.656. The van der Waals surface area contributed by atoms with E-state index in [0.717, 1.165) is 0 Å². The Bertz CT molecular complexity index is 653. The summed E-state index contributed by atoms with van der Waals surface area (Å²) in [6, 6.07) is 4.34. The monoisotopic (exact) mass is 303 g/mol. The van der Waals surface area contributed by atoms with E-state index in [4.69, 9.17) is 0 Å². The molecule has 2 rings (SSSR count). The van der Waals surface area contributed by atoms with Crippen molar-refractivity contribution in [3.8, 4) is 0 Å². The van der Waals surface area contributed by atoms with Gasteiger partial charge in [-0.15, -0.1) is 0 Å². The number of anilines is 1. The average molecular weight is 303 g/mol. The Morgan fingerprint density at radius 1 is 1.23 bits per heavy atom. The third-order valence-corrected chi connectivity index (χ3v) is 3.75. The highest BCUT2D eigenvalue weighted by Gasteiger charge is 2.30. The predicted octanol–water partition coefficient (Wildman–Crippen LogP) is 1.17. The molecule has 0 spiro atoms. The fourth-order valence-corrected chi connectivity index (χ4v) is 2.48. The van der Waals surface area contributed by atoms with Gasteiger partial charge in [-0.3, -0.25) is 14.9 Å². The zero-order chi connectivity index (χ0) is 16.3. The number of carboxylic acid groups (broad SMARTS) is 1. The molecule has 0 aliphatic heterocycles. The smallest absolute Gasteiger partial charge is 0.274 e. The van der Waals surface area contributed by atoms with Gasteiger partial charge in [0.1, 0.15) is 0 Å².